The minimum atomic E-state index is -0.513. The predicted octanol–water partition coefficient (Wildman–Crippen LogP) is 0.670. The van der Waals surface area contributed by atoms with Crippen LogP contribution in [0.15, 0.2) is 24.4 Å². The van der Waals surface area contributed by atoms with Crippen LogP contribution in [-0.4, -0.2) is 42.1 Å². The highest BCUT2D eigenvalue weighted by atomic mass is 16.6. The number of nitrogens with zero attached hydrogens (tertiary/aromatic N) is 1. The Kier molecular flexibility index (Phi) is 5.89. The number of carbonyl (C=O) groups excluding carboxylic acids is 2. The van der Waals surface area contributed by atoms with Gasteiger partial charge >= 0.3 is 0 Å². The number of amides is 2. The maximum atomic E-state index is 12.3. The van der Waals surface area contributed by atoms with Gasteiger partial charge in [0.1, 0.15) is 6.04 Å². The first-order chi connectivity index (χ1) is 10.6. The van der Waals surface area contributed by atoms with Gasteiger partial charge in [0.2, 0.25) is 5.91 Å². The summed E-state index contributed by atoms with van der Waals surface area (Å²) in [7, 11) is 0. The van der Waals surface area contributed by atoms with Crippen molar-refractivity contribution in [3.63, 3.8) is 0 Å². The Balaban J connectivity index is 1.80. The van der Waals surface area contributed by atoms with Gasteiger partial charge in [-0.3, -0.25) is 14.6 Å². The van der Waals surface area contributed by atoms with Gasteiger partial charge in [-0.25, -0.2) is 0 Å². The van der Waals surface area contributed by atoms with Crippen LogP contribution in [0.2, 0.25) is 0 Å². The first-order valence-corrected chi connectivity index (χ1v) is 7.66. The molecule has 0 bridgehead atoms. The van der Waals surface area contributed by atoms with Gasteiger partial charge in [-0.2, -0.15) is 0 Å². The molecule has 0 unspecified atom stereocenters. The largest absolute Gasteiger partial charge is 0.363 e. The highest BCUT2D eigenvalue weighted by Gasteiger charge is 2.34. The van der Waals surface area contributed by atoms with Crippen molar-refractivity contribution in [2.24, 2.45) is 5.92 Å². The highest BCUT2D eigenvalue weighted by molar-refractivity contribution is 5.90. The molecule has 22 heavy (non-hydrogen) atoms. The van der Waals surface area contributed by atoms with Crippen LogP contribution in [0.5, 0.6) is 0 Å². The lowest BCUT2D eigenvalue weighted by Gasteiger charge is -2.19. The van der Waals surface area contributed by atoms with Crippen LogP contribution in [0, 0.1) is 5.92 Å². The van der Waals surface area contributed by atoms with Crippen molar-refractivity contribution in [2.45, 2.75) is 38.8 Å². The second-order valence-electron chi connectivity index (χ2n) is 5.87. The molecule has 1 aliphatic rings. The number of rotatable bonds is 8. The van der Waals surface area contributed by atoms with Crippen LogP contribution in [0.4, 0.5) is 0 Å². The van der Waals surface area contributed by atoms with E-state index in [9.17, 15) is 9.59 Å². The van der Waals surface area contributed by atoms with Crippen molar-refractivity contribution < 1.29 is 14.3 Å². The summed E-state index contributed by atoms with van der Waals surface area (Å²) in [6.45, 7) is 4.99. The molecule has 0 spiro atoms. The maximum Gasteiger partial charge on any atom is 0.252 e. The Morgan fingerprint density at radius 2 is 2.18 bits per heavy atom. The van der Waals surface area contributed by atoms with Gasteiger partial charge in [0.25, 0.3) is 5.91 Å². The fraction of sp³-hybridized carbons (Fsp3) is 0.562. The maximum absolute atomic E-state index is 12.3. The topological polar surface area (TPSA) is 83.6 Å². The molecule has 2 heterocycles. The molecule has 2 rings (SSSR count). The Morgan fingerprint density at radius 3 is 2.77 bits per heavy atom. The molecule has 1 saturated heterocycles. The molecule has 0 radical (unpaired) electrons. The fourth-order valence-electron chi connectivity index (χ4n) is 2.15. The Bertz CT molecular complexity index is 501. The average Bonchev–Trinajstić information content (AvgIpc) is 3.31. The van der Waals surface area contributed by atoms with Crippen molar-refractivity contribution in [1.29, 1.82) is 0 Å². The van der Waals surface area contributed by atoms with E-state index in [1.165, 1.54) is 0 Å². The van der Waals surface area contributed by atoms with Crippen molar-refractivity contribution >= 4 is 11.8 Å². The van der Waals surface area contributed by atoms with Gasteiger partial charge in [-0.05, 0) is 24.5 Å². The minimum absolute atomic E-state index is 0.154. The van der Waals surface area contributed by atoms with Crippen LogP contribution in [-0.2, 0) is 20.7 Å². The van der Waals surface area contributed by atoms with Gasteiger partial charge in [-0.15, -0.1) is 0 Å². The number of ether oxygens (including phenoxy) is 1. The van der Waals surface area contributed by atoms with E-state index in [0.29, 0.717) is 31.9 Å². The molecule has 120 valence electrons. The lowest BCUT2D eigenvalue weighted by Crippen LogP contribution is -2.49. The third-order valence-electron chi connectivity index (χ3n) is 3.37. The molecule has 2 atom stereocenters. The molecule has 0 aliphatic carbocycles. The Hall–Kier alpha value is -1.95. The molecule has 0 aromatic carbocycles. The standard InChI is InChI=1S/C16H23N3O3/c1-11(2)9-13(19-16(21)14-10-22-14)15(20)18-8-6-12-5-3-4-7-17-12/h3-5,7,11,13-14H,6,8-10H2,1-2H3,(H,18,20)(H,19,21)/t13-,14-/m0/s1. The molecule has 0 saturated carbocycles. The molecule has 1 aromatic rings. The molecule has 1 aliphatic heterocycles. The molecular formula is C16H23N3O3. The fourth-order valence-corrected chi connectivity index (χ4v) is 2.15. The van der Waals surface area contributed by atoms with Crippen LogP contribution < -0.4 is 10.6 Å². The van der Waals surface area contributed by atoms with E-state index in [1.54, 1.807) is 6.20 Å². The molecule has 2 N–H and O–H groups in total. The summed E-state index contributed by atoms with van der Waals surface area (Å²) in [5.41, 5.74) is 0.929. The SMILES string of the molecule is CC(C)C[C@H](NC(=O)[C@@H]1CO1)C(=O)NCCc1ccccn1. The van der Waals surface area contributed by atoms with Crippen molar-refractivity contribution in [3.8, 4) is 0 Å². The first kappa shape index (κ1) is 16.4. The number of hydrogen-bond donors (Lipinski definition) is 2. The van der Waals surface area contributed by atoms with E-state index < -0.39 is 6.04 Å². The van der Waals surface area contributed by atoms with Crippen LogP contribution in [0.25, 0.3) is 0 Å². The predicted molar refractivity (Wildman–Crippen MR) is 82.1 cm³/mol. The molecule has 6 heteroatoms. The van der Waals surface area contributed by atoms with Gasteiger partial charge in [0, 0.05) is 24.9 Å². The molecular weight excluding hydrogens is 282 g/mol. The summed E-state index contributed by atoms with van der Waals surface area (Å²) in [4.78, 5) is 28.2. The number of aromatic nitrogens is 1. The summed E-state index contributed by atoms with van der Waals surface area (Å²) < 4.78 is 4.94. The summed E-state index contributed by atoms with van der Waals surface area (Å²) in [6, 6.07) is 5.18. The van der Waals surface area contributed by atoms with Crippen molar-refractivity contribution in [1.82, 2.24) is 15.6 Å². The zero-order valence-electron chi connectivity index (χ0n) is 13.0. The van der Waals surface area contributed by atoms with Gasteiger partial charge in [0.15, 0.2) is 6.10 Å². The summed E-state index contributed by atoms with van der Waals surface area (Å²) >= 11 is 0. The normalized spacial score (nSPS) is 17.9. The van der Waals surface area contributed by atoms with E-state index in [2.05, 4.69) is 15.6 Å². The van der Waals surface area contributed by atoms with E-state index in [0.717, 1.165) is 5.69 Å². The van der Waals surface area contributed by atoms with Crippen LogP contribution in [0.1, 0.15) is 26.0 Å². The number of epoxide rings is 1. The third kappa shape index (κ3) is 5.44. The van der Waals surface area contributed by atoms with Gasteiger partial charge in [0.05, 0.1) is 6.61 Å². The zero-order valence-corrected chi connectivity index (χ0v) is 13.0. The number of nitrogens with one attached hydrogen (secondary N) is 2. The van der Waals surface area contributed by atoms with Gasteiger partial charge in [-0.1, -0.05) is 19.9 Å². The molecule has 1 aromatic heterocycles. The molecule has 2 amide bonds. The smallest absolute Gasteiger partial charge is 0.252 e. The van der Waals surface area contributed by atoms with Crippen molar-refractivity contribution in [3.05, 3.63) is 30.1 Å². The lowest BCUT2D eigenvalue weighted by atomic mass is 10.0. The highest BCUT2D eigenvalue weighted by Crippen LogP contribution is 2.11. The third-order valence-corrected chi connectivity index (χ3v) is 3.37. The van der Waals surface area contributed by atoms with Crippen LogP contribution in [0.3, 0.4) is 0 Å². The number of hydrogen-bond acceptors (Lipinski definition) is 4. The Morgan fingerprint density at radius 1 is 1.41 bits per heavy atom. The summed E-state index contributed by atoms with van der Waals surface area (Å²) in [6.07, 6.45) is 2.62. The molecule has 6 nitrogen and oxygen atoms in total. The Labute approximate surface area is 130 Å². The number of carbonyl (C=O) groups is 2. The second-order valence-corrected chi connectivity index (χ2v) is 5.87. The average molecular weight is 305 g/mol. The lowest BCUT2D eigenvalue weighted by molar-refractivity contribution is -0.129. The van der Waals surface area contributed by atoms with E-state index in [1.807, 2.05) is 32.0 Å². The van der Waals surface area contributed by atoms with E-state index in [4.69, 9.17) is 4.74 Å². The van der Waals surface area contributed by atoms with E-state index >= 15 is 0 Å². The summed E-state index contributed by atoms with van der Waals surface area (Å²) in [5, 5.41) is 5.63. The first-order valence-electron chi connectivity index (χ1n) is 7.66. The van der Waals surface area contributed by atoms with Gasteiger partial charge < -0.3 is 15.4 Å². The summed E-state index contributed by atoms with van der Waals surface area (Å²) in [5.74, 6) is -0.0453. The van der Waals surface area contributed by atoms with Crippen LogP contribution >= 0.6 is 0 Å². The monoisotopic (exact) mass is 305 g/mol. The second kappa shape index (κ2) is 7.89. The number of pyridine rings is 1. The van der Waals surface area contributed by atoms with E-state index in [-0.39, 0.29) is 17.9 Å². The van der Waals surface area contributed by atoms with Crippen molar-refractivity contribution in [2.75, 3.05) is 13.2 Å². The zero-order chi connectivity index (χ0) is 15.9. The quantitative estimate of drug-likeness (QED) is 0.692. The molecule has 1 fully saturated rings. The minimum Gasteiger partial charge on any atom is -0.363 e.